The van der Waals surface area contributed by atoms with E-state index in [1.54, 1.807) is 12.1 Å². The third-order valence-corrected chi connectivity index (χ3v) is 3.05. The van der Waals surface area contributed by atoms with Crippen LogP contribution in [-0.2, 0) is 4.74 Å². The van der Waals surface area contributed by atoms with Crippen molar-refractivity contribution in [1.29, 1.82) is 0 Å². The van der Waals surface area contributed by atoms with E-state index in [1.165, 1.54) is 13.2 Å². The highest BCUT2D eigenvalue weighted by Crippen LogP contribution is 2.22. The molecule has 1 N–H and O–H groups in total. The molecule has 0 saturated heterocycles. The molecular formula is C15H25FN2O2. The van der Waals surface area contributed by atoms with Crippen molar-refractivity contribution in [1.82, 2.24) is 10.2 Å². The number of halogens is 1. The second kappa shape index (κ2) is 8.89. The largest absolute Gasteiger partial charge is 0.494 e. The number of benzene rings is 1. The Morgan fingerprint density at radius 2 is 2.05 bits per heavy atom. The summed E-state index contributed by atoms with van der Waals surface area (Å²) in [7, 11) is 5.51. The molecule has 5 heteroatoms. The maximum Gasteiger partial charge on any atom is 0.165 e. The van der Waals surface area contributed by atoms with E-state index in [2.05, 4.69) is 10.2 Å². The molecule has 0 aliphatic rings. The van der Waals surface area contributed by atoms with Crippen LogP contribution in [0.25, 0.3) is 0 Å². The first-order valence-electron chi connectivity index (χ1n) is 6.84. The number of ether oxygens (including phenoxy) is 2. The average molecular weight is 284 g/mol. The molecule has 4 nitrogen and oxygen atoms in total. The molecule has 1 unspecified atom stereocenters. The zero-order chi connectivity index (χ0) is 15.0. The van der Waals surface area contributed by atoms with Gasteiger partial charge in [0.1, 0.15) is 0 Å². The summed E-state index contributed by atoms with van der Waals surface area (Å²) in [6, 6.07) is 5.05. The lowest BCUT2D eigenvalue weighted by Crippen LogP contribution is -2.25. The van der Waals surface area contributed by atoms with E-state index < -0.39 is 0 Å². The number of likely N-dealkylation sites (N-methyl/N-ethyl adjacent to an activating group) is 1. The van der Waals surface area contributed by atoms with Gasteiger partial charge < -0.3 is 19.7 Å². The first-order valence-corrected chi connectivity index (χ1v) is 6.84. The van der Waals surface area contributed by atoms with E-state index >= 15 is 0 Å². The Hall–Kier alpha value is -1.17. The molecule has 0 aromatic heterocycles. The first-order chi connectivity index (χ1) is 9.54. The van der Waals surface area contributed by atoms with E-state index in [9.17, 15) is 4.39 Å². The van der Waals surface area contributed by atoms with E-state index in [1.807, 2.05) is 21.0 Å². The molecule has 114 valence electrons. The van der Waals surface area contributed by atoms with E-state index in [0.717, 1.165) is 25.3 Å². The summed E-state index contributed by atoms with van der Waals surface area (Å²) in [5.74, 6) is -0.0612. The van der Waals surface area contributed by atoms with Gasteiger partial charge in [-0.1, -0.05) is 6.07 Å². The lowest BCUT2D eigenvalue weighted by atomic mass is 10.1. The van der Waals surface area contributed by atoms with Crippen molar-refractivity contribution in [3.63, 3.8) is 0 Å². The molecule has 0 bridgehead atoms. The van der Waals surface area contributed by atoms with Gasteiger partial charge in [-0.3, -0.25) is 0 Å². The fraction of sp³-hybridized carbons (Fsp3) is 0.600. The third-order valence-electron chi connectivity index (χ3n) is 3.05. The van der Waals surface area contributed by atoms with Gasteiger partial charge in [-0.15, -0.1) is 0 Å². The molecule has 0 fully saturated rings. The van der Waals surface area contributed by atoms with Gasteiger partial charge in [-0.2, -0.15) is 0 Å². The third kappa shape index (κ3) is 5.86. The van der Waals surface area contributed by atoms with Crippen LogP contribution in [0.5, 0.6) is 5.75 Å². The highest BCUT2D eigenvalue weighted by molar-refractivity contribution is 5.31. The second-order valence-corrected chi connectivity index (χ2v) is 4.99. The molecule has 1 aromatic carbocycles. The summed E-state index contributed by atoms with van der Waals surface area (Å²) >= 11 is 0. The molecule has 1 rings (SSSR count). The summed E-state index contributed by atoms with van der Waals surface area (Å²) in [5, 5.41) is 3.34. The standard InChI is InChI=1S/C15H25FN2O2/c1-12(17-7-9-20-10-8-18(2)3)13-5-6-14(16)15(11-13)19-4/h5-6,11-12,17H,7-10H2,1-4H3. The minimum atomic E-state index is -0.338. The molecule has 0 spiro atoms. The first kappa shape index (κ1) is 16.9. The lowest BCUT2D eigenvalue weighted by Gasteiger charge is -2.16. The predicted molar refractivity (Wildman–Crippen MR) is 78.7 cm³/mol. The van der Waals surface area contributed by atoms with Gasteiger partial charge in [0.2, 0.25) is 0 Å². The van der Waals surface area contributed by atoms with Crippen LogP contribution < -0.4 is 10.1 Å². The topological polar surface area (TPSA) is 33.7 Å². The van der Waals surface area contributed by atoms with Gasteiger partial charge in [0.25, 0.3) is 0 Å². The van der Waals surface area contributed by atoms with Gasteiger partial charge in [-0.05, 0) is 38.7 Å². The number of hydrogen-bond donors (Lipinski definition) is 1. The highest BCUT2D eigenvalue weighted by atomic mass is 19.1. The normalized spacial score (nSPS) is 12.7. The SMILES string of the molecule is COc1cc(C(C)NCCOCCN(C)C)ccc1F. The van der Waals surface area contributed by atoms with Crippen molar-refractivity contribution < 1.29 is 13.9 Å². The van der Waals surface area contributed by atoms with Gasteiger partial charge in [0.15, 0.2) is 11.6 Å². The second-order valence-electron chi connectivity index (χ2n) is 4.99. The molecule has 0 radical (unpaired) electrons. The van der Waals surface area contributed by atoms with Crippen LogP contribution in [0.2, 0.25) is 0 Å². The van der Waals surface area contributed by atoms with Crippen LogP contribution in [0.1, 0.15) is 18.5 Å². The van der Waals surface area contributed by atoms with Crippen LogP contribution in [0.3, 0.4) is 0 Å². The summed E-state index contributed by atoms with van der Waals surface area (Å²) in [6.07, 6.45) is 0. The Morgan fingerprint density at radius 1 is 1.30 bits per heavy atom. The fourth-order valence-corrected chi connectivity index (χ4v) is 1.76. The Bertz CT molecular complexity index is 399. The number of nitrogens with zero attached hydrogens (tertiary/aromatic N) is 1. The van der Waals surface area contributed by atoms with Crippen molar-refractivity contribution >= 4 is 0 Å². The Labute approximate surface area is 120 Å². The minimum absolute atomic E-state index is 0.127. The van der Waals surface area contributed by atoms with Crippen molar-refractivity contribution in [2.24, 2.45) is 0 Å². The molecule has 0 saturated carbocycles. The highest BCUT2D eigenvalue weighted by Gasteiger charge is 2.08. The number of rotatable bonds is 9. The van der Waals surface area contributed by atoms with E-state index in [0.29, 0.717) is 6.61 Å². The van der Waals surface area contributed by atoms with Gasteiger partial charge in [0.05, 0.1) is 20.3 Å². The van der Waals surface area contributed by atoms with E-state index in [4.69, 9.17) is 9.47 Å². The lowest BCUT2D eigenvalue weighted by molar-refractivity contribution is 0.118. The molecule has 1 aromatic rings. The minimum Gasteiger partial charge on any atom is -0.494 e. The maximum absolute atomic E-state index is 13.3. The number of methoxy groups -OCH3 is 1. The maximum atomic E-state index is 13.3. The van der Waals surface area contributed by atoms with Crippen molar-refractivity contribution in [2.45, 2.75) is 13.0 Å². The summed E-state index contributed by atoms with van der Waals surface area (Å²) < 4.78 is 23.8. The van der Waals surface area contributed by atoms with Crippen LogP contribution in [-0.4, -0.2) is 52.4 Å². The quantitative estimate of drug-likeness (QED) is 0.704. The van der Waals surface area contributed by atoms with Crippen LogP contribution in [0.4, 0.5) is 4.39 Å². The molecule has 1 atom stereocenters. The van der Waals surface area contributed by atoms with Crippen LogP contribution in [0, 0.1) is 5.82 Å². The van der Waals surface area contributed by atoms with Gasteiger partial charge in [-0.25, -0.2) is 4.39 Å². The van der Waals surface area contributed by atoms with E-state index in [-0.39, 0.29) is 17.6 Å². The molecule has 0 amide bonds. The number of hydrogen-bond acceptors (Lipinski definition) is 4. The van der Waals surface area contributed by atoms with Crippen molar-refractivity contribution in [2.75, 3.05) is 47.5 Å². The molecular weight excluding hydrogens is 259 g/mol. The molecule has 0 aliphatic carbocycles. The summed E-state index contributed by atoms with van der Waals surface area (Å²) in [6.45, 7) is 5.11. The summed E-state index contributed by atoms with van der Waals surface area (Å²) in [4.78, 5) is 2.08. The van der Waals surface area contributed by atoms with Crippen LogP contribution >= 0.6 is 0 Å². The zero-order valence-electron chi connectivity index (χ0n) is 12.8. The monoisotopic (exact) mass is 284 g/mol. The fourth-order valence-electron chi connectivity index (χ4n) is 1.76. The molecule has 0 heterocycles. The van der Waals surface area contributed by atoms with Crippen molar-refractivity contribution in [3.8, 4) is 5.75 Å². The van der Waals surface area contributed by atoms with Crippen LogP contribution in [0.15, 0.2) is 18.2 Å². The average Bonchev–Trinajstić information content (AvgIpc) is 2.42. The smallest absolute Gasteiger partial charge is 0.165 e. The molecule has 0 aliphatic heterocycles. The van der Waals surface area contributed by atoms with Gasteiger partial charge in [0, 0.05) is 19.1 Å². The Balaban J connectivity index is 2.30. The van der Waals surface area contributed by atoms with Gasteiger partial charge >= 0.3 is 0 Å². The predicted octanol–water partition coefficient (Wildman–Crippen LogP) is 2.06. The summed E-state index contributed by atoms with van der Waals surface area (Å²) in [5.41, 5.74) is 0.997. The Morgan fingerprint density at radius 3 is 2.70 bits per heavy atom. The zero-order valence-corrected chi connectivity index (χ0v) is 12.8. The number of nitrogens with one attached hydrogen (secondary N) is 1. The van der Waals surface area contributed by atoms with Crippen molar-refractivity contribution in [3.05, 3.63) is 29.6 Å². The molecule has 20 heavy (non-hydrogen) atoms. The Kier molecular flexibility index (Phi) is 7.51.